The third-order valence-electron chi connectivity index (χ3n) is 2.84. The summed E-state index contributed by atoms with van der Waals surface area (Å²) in [5.41, 5.74) is 1.19. The van der Waals surface area contributed by atoms with Crippen molar-refractivity contribution in [2.45, 2.75) is 32.9 Å². The molecule has 0 spiro atoms. The lowest BCUT2D eigenvalue weighted by Crippen LogP contribution is -2.32. The third kappa shape index (κ3) is 3.66. The zero-order valence-corrected chi connectivity index (χ0v) is 11.0. The van der Waals surface area contributed by atoms with E-state index in [1.54, 1.807) is 6.07 Å². The molecule has 0 atom stereocenters. The van der Waals surface area contributed by atoms with Crippen LogP contribution in [-0.2, 0) is 6.61 Å². The van der Waals surface area contributed by atoms with E-state index in [2.05, 4.69) is 6.07 Å². The number of rotatable bonds is 6. The number of hydrogen-bond acceptors (Lipinski definition) is 5. The minimum absolute atomic E-state index is 0.0446. The maximum atomic E-state index is 10.7. The van der Waals surface area contributed by atoms with Crippen LogP contribution in [0.4, 0.5) is 11.4 Å². The van der Waals surface area contributed by atoms with Gasteiger partial charge >= 0.3 is 0 Å². The summed E-state index contributed by atoms with van der Waals surface area (Å²) in [7, 11) is 0. The van der Waals surface area contributed by atoms with E-state index >= 15 is 0 Å². The second-order valence-corrected chi connectivity index (χ2v) is 4.42. The van der Waals surface area contributed by atoms with E-state index in [4.69, 9.17) is 5.26 Å². The maximum absolute atomic E-state index is 10.7. The van der Waals surface area contributed by atoms with Gasteiger partial charge in [-0.05, 0) is 19.9 Å². The lowest BCUT2D eigenvalue weighted by molar-refractivity contribution is -0.384. The topological polar surface area (TPSA) is 90.4 Å². The minimum atomic E-state index is -0.488. The van der Waals surface area contributed by atoms with Crippen LogP contribution in [0.25, 0.3) is 0 Å². The van der Waals surface area contributed by atoms with Gasteiger partial charge in [-0.3, -0.25) is 10.1 Å². The van der Waals surface area contributed by atoms with Gasteiger partial charge in [-0.2, -0.15) is 5.26 Å². The van der Waals surface area contributed by atoms with Crippen molar-refractivity contribution in [3.05, 3.63) is 33.9 Å². The fourth-order valence-corrected chi connectivity index (χ4v) is 1.92. The predicted molar refractivity (Wildman–Crippen MR) is 71.7 cm³/mol. The summed E-state index contributed by atoms with van der Waals surface area (Å²) < 4.78 is 0. The van der Waals surface area contributed by atoms with Crippen LogP contribution in [0.5, 0.6) is 0 Å². The molecule has 0 bridgehead atoms. The largest absolute Gasteiger partial charge is 0.392 e. The fourth-order valence-electron chi connectivity index (χ4n) is 1.92. The highest BCUT2D eigenvalue weighted by atomic mass is 16.6. The van der Waals surface area contributed by atoms with Gasteiger partial charge in [0.05, 0.1) is 24.0 Å². The van der Waals surface area contributed by atoms with Gasteiger partial charge in [0, 0.05) is 36.0 Å². The van der Waals surface area contributed by atoms with E-state index in [9.17, 15) is 15.2 Å². The Morgan fingerprint density at radius 1 is 1.53 bits per heavy atom. The average molecular weight is 263 g/mol. The van der Waals surface area contributed by atoms with Crippen LogP contribution in [0.15, 0.2) is 18.2 Å². The van der Waals surface area contributed by atoms with Gasteiger partial charge in [0.25, 0.3) is 5.69 Å². The van der Waals surface area contributed by atoms with Crippen molar-refractivity contribution in [2.75, 3.05) is 11.4 Å². The second-order valence-electron chi connectivity index (χ2n) is 4.42. The van der Waals surface area contributed by atoms with Gasteiger partial charge in [0.1, 0.15) is 0 Å². The van der Waals surface area contributed by atoms with E-state index in [0.717, 1.165) is 5.69 Å². The normalized spacial score (nSPS) is 10.3. The molecule has 0 aromatic heterocycles. The Morgan fingerprint density at radius 3 is 2.68 bits per heavy atom. The van der Waals surface area contributed by atoms with Crippen LogP contribution in [0.1, 0.15) is 25.8 Å². The molecular formula is C13H17N3O3. The maximum Gasteiger partial charge on any atom is 0.269 e. The fraction of sp³-hybridized carbons (Fsp3) is 0.462. The highest BCUT2D eigenvalue weighted by Crippen LogP contribution is 2.27. The first-order valence-corrected chi connectivity index (χ1v) is 6.03. The monoisotopic (exact) mass is 263 g/mol. The Bertz CT molecular complexity index is 494. The molecular weight excluding hydrogens is 246 g/mol. The summed E-state index contributed by atoms with van der Waals surface area (Å²) in [5, 5.41) is 28.8. The van der Waals surface area contributed by atoms with Crippen molar-refractivity contribution in [1.29, 1.82) is 5.26 Å². The van der Waals surface area contributed by atoms with Crippen LogP contribution >= 0.6 is 0 Å². The van der Waals surface area contributed by atoms with Crippen LogP contribution in [-0.4, -0.2) is 22.6 Å². The van der Waals surface area contributed by atoms with Crippen LogP contribution in [0.3, 0.4) is 0 Å². The number of hydrogen-bond donors (Lipinski definition) is 1. The molecule has 102 valence electrons. The lowest BCUT2D eigenvalue weighted by Gasteiger charge is -2.29. The number of anilines is 1. The summed E-state index contributed by atoms with van der Waals surface area (Å²) >= 11 is 0. The molecule has 0 amide bonds. The lowest BCUT2D eigenvalue weighted by atomic mass is 10.1. The van der Waals surface area contributed by atoms with Gasteiger partial charge in [-0.25, -0.2) is 0 Å². The highest BCUT2D eigenvalue weighted by Gasteiger charge is 2.17. The zero-order valence-electron chi connectivity index (χ0n) is 11.0. The average Bonchev–Trinajstić information content (AvgIpc) is 2.38. The molecule has 1 N–H and O–H groups in total. The van der Waals surface area contributed by atoms with Gasteiger partial charge in [-0.1, -0.05) is 0 Å². The first-order chi connectivity index (χ1) is 9.01. The van der Waals surface area contributed by atoms with Crippen LogP contribution < -0.4 is 4.90 Å². The smallest absolute Gasteiger partial charge is 0.269 e. The molecule has 1 aromatic rings. The third-order valence-corrected chi connectivity index (χ3v) is 2.84. The molecule has 0 heterocycles. The van der Waals surface area contributed by atoms with Crippen molar-refractivity contribution in [3.8, 4) is 6.07 Å². The molecule has 6 heteroatoms. The predicted octanol–water partition coefficient (Wildman–Crippen LogP) is 2.22. The van der Waals surface area contributed by atoms with E-state index < -0.39 is 4.92 Å². The van der Waals surface area contributed by atoms with Crippen molar-refractivity contribution >= 4 is 11.4 Å². The van der Waals surface area contributed by atoms with Gasteiger partial charge in [0.15, 0.2) is 0 Å². The standard InChI is InChI=1S/C13H17N3O3/c1-10(2)15(7-3-6-14)13-5-4-12(16(18)19)8-11(13)9-17/h4-5,8,10,17H,3,7,9H2,1-2H3. The van der Waals surface area contributed by atoms with Crippen LogP contribution in [0, 0.1) is 21.4 Å². The Labute approximate surface area is 112 Å². The Kier molecular flexibility index (Phi) is 5.27. The summed E-state index contributed by atoms with van der Waals surface area (Å²) in [6.07, 6.45) is 0.361. The number of aliphatic hydroxyl groups excluding tert-OH is 1. The zero-order chi connectivity index (χ0) is 14.4. The minimum Gasteiger partial charge on any atom is -0.392 e. The van der Waals surface area contributed by atoms with Gasteiger partial charge in [0.2, 0.25) is 0 Å². The van der Waals surface area contributed by atoms with Crippen molar-refractivity contribution in [3.63, 3.8) is 0 Å². The first kappa shape index (κ1) is 14.9. The first-order valence-electron chi connectivity index (χ1n) is 6.03. The van der Waals surface area contributed by atoms with Gasteiger partial charge in [-0.15, -0.1) is 0 Å². The molecule has 0 radical (unpaired) electrons. The second kappa shape index (κ2) is 6.71. The summed E-state index contributed by atoms with van der Waals surface area (Å²) in [6.45, 7) is 4.20. The van der Waals surface area contributed by atoms with Crippen molar-refractivity contribution < 1.29 is 10.0 Å². The van der Waals surface area contributed by atoms with E-state index in [1.165, 1.54) is 12.1 Å². The molecule has 0 fully saturated rings. The molecule has 19 heavy (non-hydrogen) atoms. The highest BCUT2D eigenvalue weighted by molar-refractivity contribution is 5.58. The van der Waals surface area contributed by atoms with Crippen LogP contribution in [0.2, 0.25) is 0 Å². The van der Waals surface area contributed by atoms with E-state index in [0.29, 0.717) is 18.5 Å². The van der Waals surface area contributed by atoms with E-state index in [1.807, 2.05) is 18.7 Å². The number of nitro benzene ring substituents is 1. The van der Waals surface area contributed by atoms with Gasteiger partial charge < -0.3 is 10.0 Å². The molecule has 0 aliphatic heterocycles. The molecule has 0 saturated heterocycles. The summed E-state index contributed by atoms with van der Waals surface area (Å²) in [6, 6.07) is 6.63. The number of non-ortho nitro benzene ring substituents is 1. The molecule has 0 aliphatic rings. The molecule has 0 aliphatic carbocycles. The van der Waals surface area contributed by atoms with Crippen molar-refractivity contribution in [2.24, 2.45) is 0 Å². The van der Waals surface area contributed by atoms with Crippen molar-refractivity contribution in [1.82, 2.24) is 0 Å². The number of aliphatic hydroxyl groups is 1. The molecule has 6 nitrogen and oxygen atoms in total. The Balaban J connectivity index is 3.15. The summed E-state index contributed by atoms with van der Waals surface area (Å²) in [4.78, 5) is 12.2. The number of benzene rings is 1. The molecule has 1 rings (SSSR count). The molecule has 0 saturated carbocycles. The summed E-state index contributed by atoms with van der Waals surface area (Å²) in [5.74, 6) is 0. The number of nitro groups is 1. The molecule has 0 unspecified atom stereocenters. The number of nitrogens with zero attached hydrogens (tertiary/aromatic N) is 3. The number of nitriles is 1. The quantitative estimate of drug-likeness (QED) is 0.627. The Hall–Kier alpha value is -2.13. The SMILES string of the molecule is CC(C)N(CCC#N)c1ccc([N+](=O)[O-])cc1CO. The van der Waals surface area contributed by atoms with E-state index in [-0.39, 0.29) is 18.3 Å². The molecule has 1 aromatic carbocycles. The Morgan fingerprint density at radius 2 is 2.21 bits per heavy atom.